The maximum absolute atomic E-state index is 12.1. The second kappa shape index (κ2) is 7.58. The molecule has 1 aliphatic heterocycles. The average Bonchev–Trinajstić information content (AvgIpc) is 2.97. The van der Waals surface area contributed by atoms with E-state index in [9.17, 15) is 9.90 Å². The highest BCUT2D eigenvalue weighted by molar-refractivity contribution is 5.83. The number of rotatable bonds is 5. The lowest BCUT2D eigenvalue weighted by Gasteiger charge is -2.12. The predicted molar refractivity (Wildman–Crippen MR) is 100 cm³/mol. The minimum Gasteiger partial charge on any atom is -0.504 e. The van der Waals surface area contributed by atoms with E-state index in [4.69, 9.17) is 4.74 Å². The molecule has 0 aliphatic carbocycles. The molecule has 26 heavy (non-hydrogen) atoms. The molecule has 136 valence electrons. The molecular weight excluding hydrogens is 330 g/mol. The summed E-state index contributed by atoms with van der Waals surface area (Å²) in [6.45, 7) is 6.07. The summed E-state index contributed by atoms with van der Waals surface area (Å²) in [6, 6.07) is 9.27. The number of fused-ring (bicyclic) bond motifs is 1. The second-order valence-corrected chi connectivity index (χ2v) is 6.57. The molecule has 0 saturated carbocycles. The molecular formula is C20H23N3O3. The Morgan fingerprint density at radius 1 is 1.23 bits per heavy atom. The topological polar surface area (TPSA) is 74.2 Å². The third kappa shape index (κ3) is 4.03. The summed E-state index contributed by atoms with van der Waals surface area (Å²) < 4.78 is 5.04. The van der Waals surface area contributed by atoms with Crippen molar-refractivity contribution in [2.45, 2.75) is 26.9 Å². The highest BCUT2D eigenvalue weighted by atomic mass is 16.5. The summed E-state index contributed by atoms with van der Waals surface area (Å²) in [7, 11) is 1.48. The number of benzene rings is 2. The van der Waals surface area contributed by atoms with Crippen molar-refractivity contribution in [3.63, 3.8) is 0 Å². The van der Waals surface area contributed by atoms with E-state index in [1.54, 1.807) is 12.1 Å². The van der Waals surface area contributed by atoms with Crippen LogP contribution in [0.5, 0.6) is 11.5 Å². The van der Waals surface area contributed by atoms with Gasteiger partial charge in [0.15, 0.2) is 11.5 Å². The van der Waals surface area contributed by atoms with E-state index in [1.165, 1.54) is 41.6 Å². The summed E-state index contributed by atoms with van der Waals surface area (Å²) in [5.74, 6) is 0.265. The molecule has 6 nitrogen and oxygen atoms in total. The second-order valence-electron chi connectivity index (χ2n) is 6.57. The van der Waals surface area contributed by atoms with Crippen molar-refractivity contribution in [2.75, 3.05) is 13.7 Å². The number of aryl methyl sites for hydroxylation is 2. The number of ether oxygens (including phenoxy) is 1. The summed E-state index contributed by atoms with van der Waals surface area (Å²) in [5, 5.41) is 13.5. The zero-order valence-electron chi connectivity index (χ0n) is 15.2. The minimum atomic E-state index is -0.159. The first-order valence-corrected chi connectivity index (χ1v) is 8.46. The Morgan fingerprint density at radius 3 is 2.50 bits per heavy atom. The van der Waals surface area contributed by atoms with Gasteiger partial charge in [-0.2, -0.15) is 5.10 Å². The number of methoxy groups -OCH3 is 1. The van der Waals surface area contributed by atoms with E-state index >= 15 is 0 Å². The van der Waals surface area contributed by atoms with Crippen LogP contribution in [-0.4, -0.2) is 35.8 Å². The number of nitrogens with one attached hydrogen (secondary N) is 1. The van der Waals surface area contributed by atoms with E-state index < -0.39 is 0 Å². The van der Waals surface area contributed by atoms with Crippen LogP contribution in [-0.2, 0) is 17.9 Å². The van der Waals surface area contributed by atoms with Crippen molar-refractivity contribution in [3.05, 3.63) is 58.1 Å². The maximum Gasteiger partial charge on any atom is 0.254 e. The molecule has 1 aliphatic rings. The smallest absolute Gasteiger partial charge is 0.254 e. The molecule has 0 atom stereocenters. The number of carbonyl (C=O) groups is 1. The lowest BCUT2D eigenvalue weighted by Crippen LogP contribution is -2.32. The summed E-state index contributed by atoms with van der Waals surface area (Å²) in [5.41, 5.74) is 8.41. The van der Waals surface area contributed by atoms with Crippen molar-refractivity contribution in [1.82, 2.24) is 10.3 Å². The first kappa shape index (κ1) is 17.9. The van der Waals surface area contributed by atoms with E-state index in [0.29, 0.717) is 12.3 Å². The van der Waals surface area contributed by atoms with Gasteiger partial charge in [0.1, 0.15) is 0 Å². The van der Waals surface area contributed by atoms with Crippen LogP contribution in [0.25, 0.3) is 0 Å². The molecule has 3 rings (SSSR count). The SMILES string of the molecule is COc1cc(/C=N\NC(=O)CN2Cc3cc(C)c(C)cc3C2)ccc1O. The van der Waals surface area contributed by atoms with Gasteiger partial charge in [-0.25, -0.2) is 5.43 Å². The molecule has 0 spiro atoms. The largest absolute Gasteiger partial charge is 0.504 e. The fourth-order valence-corrected chi connectivity index (χ4v) is 3.07. The Bertz CT molecular complexity index is 831. The third-order valence-electron chi connectivity index (χ3n) is 4.58. The quantitative estimate of drug-likeness (QED) is 0.640. The van der Waals surface area contributed by atoms with Crippen LogP contribution in [0.1, 0.15) is 27.8 Å². The third-order valence-corrected chi connectivity index (χ3v) is 4.58. The van der Waals surface area contributed by atoms with Gasteiger partial charge >= 0.3 is 0 Å². The summed E-state index contributed by atoms with van der Waals surface area (Å²) in [6.07, 6.45) is 1.52. The molecule has 2 aromatic rings. The van der Waals surface area contributed by atoms with Crippen LogP contribution in [0, 0.1) is 13.8 Å². The lowest BCUT2D eigenvalue weighted by molar-refractivity contribution is -0.122. The monoisotopic (exact) mass is 353 g/mol. The van der Waals surface area contributed by atoms with E-state index in [2.05, 4.69) is 41.4 Å². The van der Waals surface area contributed by atoms with E-state index in [-0.39, 0.29) is 11.7 Å². The zero-order chi connectivity index (χ0) is 18.7. The molecule has 0 saturated heterocycles. The van der Waals surface area contributed by atoms with Gasteiger partial charge in [0.05, 0.1) is 19.9 Å². The van der Waals surface area contributed by atoms with Gasteiger partial charge in [0, 0.05) is 13.1 Å². The fourth-order valence-electron chi connectivity index (χ4n) is 3.07. The standard InChI is InChI=1S/C20H23N3O3/c1-13-6-16-10-23(11-17(16)7-14(13)2)12-20(25)22-21-9-15-4-5-18(24)19(8-15)26-3/h4-9,24H,10-12H2,1-3H3,(H,22,25)/b21-9-. The predicted octanol–water partition coefficient (Wildman–Crippen LogP) is 2.48. The van der Waals surface area contributed by atoms with Crippen LogP contribution in [0.15, 0.2) is 35.4 Å². The number of hydrogen-bond acceptors (Lipinski definition) is 5. The molecule has 2 aromatic carbocycles. The number of hydrogen-bond donors (Lipinski definition) is 2. The lowest BCUT2D eigenvalue weighted by atomic mass is 10.0. The first-order valence-electron chi connectivity index (χ1n) is 8.46. The Kier molecular flexibility index (Phi) is 5.23. The summed E-state index contributed by atoms with van der Waals surface area (Å²) >= 11 is 0. The van der Waals surface area contributed by atoms with E-state index in [1.807, 2.05) is 0 Å². The van der Waals surface area contributed by atoms with Gasteiger partial charge in [0.25, 0.3) is 5.91 Å². The number of aromatic hydroxyl groups is 1. The van der Waals surface area contributed by atoms with Crippen LogP contribution >= 0.6 is 0 Å². The van der Waals surface area contributed by atoms with Crippen molar-refractivity contribution >= 4 is 12.1 Å². The molecule has 0 bridgehead atoms. The highest BCUT2D eigenvalue weighted by Crippen LogP contribution is 2.26. The van der Waals surface area contributed by atoms with Crippen molar-refractivity contribution in [2.24, 2.45) is 5.10 Å². The molecule has 0 radical (unpaired) electrons. The molecule has 2 N–H and O–H groups in total. The number of phenols is 1. The fraction of sp³-hybridized carbons (Fsp3) is 0.300. The number of amides is 1. The Hall–Kier alpha value is -2.86. The van der Waals surface area contributed by atoms with Crippen molar-refractivity contribution in [3.8, 4) is 11.5 Å². The van der Waals surface area contributed by atoms with Gasteiger partial charge in [-0.1, -0.05) is 12.1 Å². The van der Waals surface area contributed by atoms with Gasteiger partial charge in [-0.05, 0) is 59.9 Å². The highest BCUT2D eigenvalue weighted by Gasteiger charge is 2.21. The normalized spacial score (nSPS) is 13.8. The molecule has 1 heterocycles. The van der Waals surface area contributed by atoms with Crippen LogP contribution in [0.3, 0.4) is 0 Å². The van der Waals surface area contributed by atoms with Gasteiger partial charge in [-0.15, -0.1) is 0 Å². The zero-order valence-corrected chi connectivity index (χ0v) is 15.2. The summed E-state index contributed by atoms with van der Waals surface area (Å²) in [4.78, 5) is 14.2. The van der Waals surface area contributed by atoms with Gasteiger partial charge in [-0.3, -0.25) is 9.69 Å². The Balaban J connectivity index is 1.54. The average molecular weight is 353 g/mol. The van der Waals surface area contributed by atoms with E-state index in [0.717, 1.165) is 18.7 Å². The van der Waals surface area contributed by atoms with Crippen LogP contribution in [0.2, 0.25) is 0 Å². The molecule has 0 fully saturated rings. The van der Waals surface area contributed by atoms with Crippen molar-refractivity contribution < 1.29 is 14.6 Å². The number of carbonyl (C=O) groups excluding carboxylic acids is 1. The number of hydrazone groups is 1. The maximum atomic E-state index is 12.1. The minimum absolute atomic E-state index is 0.0627. The van der Waals surface area contributed by atoms with Crippen molar-refractivity contribution in [1.29, 1.82) is 0 Å². The first-order chi connectivity index (χ1) is 12.5. The van der Waals surface area contributed by atoms with Crippen LogP contribution in [0.4, 0.5) is 0 Å². The number of nitrogens with zero attached hydrogens (tertiary/aromatic N) is 2. The molecule has 1 amide bonds. The van der Waals surface area contributed by atoms with Crippen LogP contribution < -0.4 is 10.2 Å². The Labute approximate surface area is 153 Å². The molecule has 0 aromatic heterocycles. The number of phenolic OH excluding ortho intramolecular Hbond substituents is 1. The van der Waals surface area contributed by atoms with Gasteiger partial charge in [0.2, 0.25) is 0 Å². The van der Waals surface area contributed by atoms with Gasteiger partial charge < -0.3 is 9.84 Å². The Morgan fingerprint density at radius 2 is 1.88 bits per heavy atom. The molecule has 6 heteroatoms. The molecule has 0 unspecified atom stereocenters.